The third-order valence-corrected chi connectivity index (χ3v) is 5.06. The van der Waals surface area contributed by atoms with E-state index in [0.29, 0.717) is 11.3 Å². The van der Waals surface area contributed by atoms with E-state index < -0.39 is 0 Å². The smallest absolute Gasteiger partial charge is 0.258 e. The van der Waals surface area contributed by atoms with Crippen molar-refractivity contribution in [3.63, 3.8) is 0 Å². The van der Waals surface area contributed by atoms with Gasteiger partial charge in [-0.15, -0.1) is 0 Å². The second-order valence-corrected chi connectivity index (χ2v) is 6.95. The first-order valence-electron chi connectivity index (χ1n) is 9.24. The minimum atomic E-state index is -0.0786. The van der Waals surface area contributed by atoms with Gasteiger partial charge in [-0.1, -0.05) is 0 Å². The molecular weight excluding hydrogens is 342 g/mol. The van der Waals surface area contributed by atoms with Crippen molar-refractivity contribution in [2.75, 3.05) is 36.4 Å². The largest absolute Gasteiger partial charge is 0.469 e. The van der Waals surface area contributed by atoms with Crippen molar-refractivity contribution >= 4 is 17.0 Å². The highest BCUT2D eigenvalue weighted by molar-refractivity contribution is 5.72. The highest BCUT2D eigenvalue weighted by atomic mass is 16.5. The quantitative estimate of drug-likeness (QED) is 0.725. The predicted octanol–water partition coefficient (Wildman–Crippen LogP) is 1.92. The first-order valence-corrected chi connectivity index (χ1v) is 9.24. The van der Waals surface area contributed by atoms with Crippen LogP contribution in [0, 0.1) is 0 Å². The molecule has 4 heterocycles. The molecule has 0 aliphatic carbocycles. The van der Waals surface area contributed by atoms with E-state index in [4.69, 9.17) is 9.72 Å². The molecule has 2 aliphatic heterocycles. The predicted molar refractivity (Wildman–Crippen MR) is 106 cm³/mol. The molecule has 1 saturated heterocycles. The minimum Gasteiger partial charge on any atom is -0.469 e. The summed E-state index contributed by atoms with van der Waals surface area (Å²) in [4.78, 5) is 19.7. The van der Waals surface area contributed by atoms with Crippen LogP contribution >= 0.6 is 0 Å². The number of aromatic nitrogens is 2. The number of anilines is 2. The topological polar surface area (TPSA) is 70.9 Å². The number of hydrogen-bond donors (Lipinski definition) is 2. The Hall–Kier alpha value is -3.06. The Morgan fingerprint density at radius 1 is 1.15 bits per heavy atom. The van der Waals surface area contributed by atoms with Crippen LogP contribution in [0.4, 0.5) is 11.4 Å². The van der Waals surface area contributed by atoms with E-state index >= 15 is 0 Å². The van der Waals surface area contributed by atoms with Gasteiger partial charge in [-0.3, -0.25) is 9.20 Å². The molecule has 7 heteroatoms. The number of benzene rings is 1. The maximum atomic E-state index is 12.7. The summed E-state index contributed by atoms with van der Waals surface area (Å²) in [6.45, 7) is 5.75. The van der Waals surface area contributed by atoms with E-state index in [1.54, 1.807) is 10.5 Å². The average molecular weight is 363 g/mol. The number of pyridine rings is 1. The molecule has 2 aliphatic rings. The van der Waals surface area contributed by atoms with Crippen LogP contribution in [0.5, 0.6) is 5.75 Å². The number of fused-ring (bicyclic) bond motifs is 2. The molecular formula is C20H21N5O2. The van der Waals surface area contributed by atoms with E-state index in [1.165, 1.54) is 0 Å². The summed E-state index contributed by atoms with van der Waals surface area (Å²) < 4.78 is 7.28. The van der Waals surface area contributed by atoms with Crippen LogP contribution in [0.15, 0.2) is 47.4 Å². The van der Waals surface area contributed by atoms with Gasteiger partial charge >= 0.3 is 0 Å². The van der Waals surface area contributed by atoms with Crippen molar-refractivity contribution in [2.24, 2.45) is 0 Å². The summed E-state index contributed by atoms with van der Waals surface area (Å²) in [6.07, 6.45) is 1.84. The van der Waals surface area contributed by atoms with Crippen LogP contribution in [0.3, 0.4) is 0 Å². The molecule has 27 heavy (non-hydrogen) atoms. The summed E-state index contributed by atoms with van der Waals surface area (Å²) in [5, 5.41) is 6.60. The number of nitrogens with zero attached hydrogens (tertiary/aromatic N) is 3. The Balaban J connectivity index is 1.54. The van der Waals surface area contributed by atoms with E-state index in [1.807, 2.05) is 43.5 Å². The fourth-order valence-corrected chi connectivity index (χ4v) is 3.69. The molecule has 0 bridgehead atoms. The van der Waals surface area contributed by atoms with Crippen molar-refractivity contribution < 1.29 is 4.74 Å². The molecule has 0 saturated carbocycles. The van der Waals surface area contributed by atoms with Gasteiger partial charge in [0.05, 0.1) is 17.1 Å². The molecule has 2 N–H and O–H groups in total. The third kappa shape index (κ3) is 2.90. The zero-order valence-electron chi connectivity index (χ0n) is 15.1. The summed E-state index contributed by atoms with van der Waals surface area (Å²) >= 11 is 0. The highest BCUT2D eigenvalue weighted by Crippen LogP contribution is 2.35. The number of rotatable bonds is 2. The van der Waals surface area contributed by atoms with Crippen LogP contribution in [-0.2, 0) is 0 Å². The highest BCUT2D eigenvalue weighted by Gasteiger charge is 2.19. The van der Waals surface area contributed by atoms with E-state index in [-0.39, 0.29) is 11.8 Å². The first-order chi connectivity index (χ1) is 13.2. The summed E-state index contributed by atoms with van der Waals surface area (Å²) in [7, 11) is 0. The van der Waals surface area contributed by atoms with Gasteiger partial charge in [0, 0.05) is 44.0 Å². The Bertz CT molecular complexity index is 1070. The van der Waals surface area contributed by atoms with Gasteiger partial charge in [-0.25, -0.2) is 4.98 Å². The molecule has 1 fully saturated rings. The van der Waals surface area contributed by atoms with E-state index in [2.05, 4.69) is 15.5 Å². The lowest BCUT2D eigenvalue weighted by atomic mass is 10.1. The molecule has 0 spiro atoms. The number of hydrogen-bond acceptors (Lipinski definition) is 6. The monoisotopic (exact) mass is 363 g/mol. The van der Waals surface area contributed by atoms with Gasteiger partial charge in [-0.2, -0.15) is 0 Å². The number of nitrogens with one attached hydrogen (secondary N) is 2. The Kier molecular flexibility index (Phi) is 3.75. The Labute approximate surface area is 156 Å². The molecule has 1 unspecified atom stereocenters. The molecule has 138 valence electrons. The third-order valence-electron chi connectivity index (χ3n) is 5.06. The molecule has 7 nitrogen and oxygen atoms in total. The Morgan fingerprint density at radius 2 is 2.00 bits per heavy atom. The molecule has 2 aromatic heterocycles. The summed E-state index contributed by atoms with van der Waals surface area (Å²) in [6, 6.07) is 11.4. The first kappa shape index (κ1) is 16.1. The van der Waals surface area contributed by atoms with Crippen LogP contribution in [0.2, 0.25) is 0 Å². The fraction of sp³-hybridized carbons (Fsp3) is 0.300. The van der Waals surface area contributed by atoms with Gasteiger partial charge in [0.2, 0.25) is 0 Å². The SMILES string of the molecule is CC1Nc2cc(-c3cc(=O)n4cc(N5CCNCC5)ccc4n3)ccc2O1. The molecule has 1 atom stereocenters. The lowest BCUT2D eigenvalue weighted by Crippen LogP contribution is -2.43. The maximum absolute atomic E-state index is 12.7. The molecule has 1 aromatic carbocycles. The maximum Gasteiger partial charge on any atom is 0.258 e. The number of ether oxygens (including phenoxy) is 1. The van der Waals surface area contributed by atoms with E-state index in [9.17, 15) is 4.79 Å². The standard InChI is InChI=1S/C20H21N5O2/c1-13-22-17-10-14(2-4-18(17)27-13)16-11-20(26)25-12-15(3-5-19(25)23-16)24-8-6-21-7-9-24/h2-5,10-13,21-22H,6-9H2,1H3. The van der Waals surface area contributed by atoms with Gasteiger partial charge in [0.15, 0.2) is 6.23 Å². The minimum absolute atomic E-state index is 0.0474. The van der Waals surface area contributed by atoms with Crippen molar-refractivity contribution in [3.05, 3.63) is 52.9 Å². The zero-order chi connectivity index (χ0) is 18.4. The Morgan fingerprint density at radius 3 is 2.85 bits per heavy atom. The van der Waals surface area contributed by atoms with Gasteiger partial charge in [0.1, 0.15) is 11.4 Å². The summed E-state index contributed by atoms with van der Waals surface area (Å²) in [5.74, 6) is 0.824. The van der Waals surface area contributed by atoms with Crippen molar-refractivity contribution in [1.29, 1.82) is 0 Å². The van der Waals surface area contributed by atoms with Gasteiger partial charge in [-0.05, 0) is 37.3 Å². The molecule has 5 rings (SSSR count). The molecule has 0 amide bonds. The lowest BCUT2D eigenvalue weighted by molar-refractivity contribution is 0.275. The fourth-order valence-electron chi connectivity index (χ4n) is 3.69. The van der Waals surface area contributed by atoms with E-state index in [0.717, 1.165) is 48.9 Å². The molecule has 0 radical (unpaired) electrons. The average Bonchev–Trinajstić information content (AvgIpc) is 3.07. The number of piperazine rings is 1. The van der Waals surface area contributed by atoms with Gasteiger partial charge in [0.25, 0.3) is 5.56 Å². The van der Waals surface area contributed by atoms with Crippen molar-refractivity contribution in [3.8, 4) is 17.0 Å². The summed E-state index contributed by atoms with van der Waals surface area (Å²) in [5.41, 5.74) is 4.10. The second-order valence-electron chi connectivity index (χ2n) is 6.95. The zero-order valence-corrected chi connectivity index (χ0v) is 15.1. The van der Waals surface area contributed by atoms with Crippen molar-refractivity contribution in [1.82, 2.24) is 14.7 Å². The van der Waals surface area contributed by atoms with Crippen LogP contribution < -0.4 is 25.8 Å². The van der Waals surface area contributed by atoms with Crippen LogP contribution in [0.1, 0.15) is 6.92 Å². The van der Waals surface area contributed by atoms with Crippen LogP contribution in [-0.4, -0.2) is 41.8 Å². The van der Waals surface area contributed by atoms with Gasteiger partial charge < -0.3 is 20.3 Å². The van der Waals surface area contributed by atoms with Crippen LogP contribution in [0.25, 0.3) is 16.9 Å². The van der Waals surface area contributed by atoms with Crippen molar-refractivity contribution in [2.45, 2.75) is 13.2 Å². The second kappa shape index (κ2) is 6.28. The lowest BCUT2D eigenvalue weighted by Gasteiger charge is -2.29. The normalized spacial score (nSPS) is 18.9. The molecule has 3 aromatic rings.